The number of carboxylic acid groups (broad SMARTS) is 1. The third-order valence-corrected chi connectivity index (χ3v) is 5.75. The van der Waals surface area contributed by atoms with Crippen molar-refractivity contribution in [3.8, 4) is 22.8 Å². The summed E-state index contributed by atoms with van der Waals surface area (Å²) in [5.41, 5.74) is 2.76. The van der Waals surface area contributed by atoms with E-state index in [0.29, 0.717) is 31.1 Å². The maximum atomic E-state index is 12.8. The molecule has 1 unspecified atom stereocenters. The van der Waals surface area contributed by atoms with E-state index in [1.54, 1.807) is 35.3 Å². The van der Waals surface area contributed by atoms with Crippen LogP contribution in [0.3, 0.4) is 0 Å². The summed E-state index contributed by atoms with van der Waals surface area (Å²) < 4.78 is 11.5. The Hall–Kier alpha value is -3.39. The molecule has 0 radical (unpaired) electrons. The van der Waals surface area contributed by atoms with E-state index in [1.165, 1.54) is 12.1 Å². The SMILES string of the molecule is Cc1nc(-c2ccc3c(c2)N(CCCOc2ccc(C(=O)O)cc2)C(=O)C(C)O3)cs1. The number of thiazole rings is 1. The van der Waals surface area contributed by atoms with Crippen molar-refractivity contribution >= 4 is 28.9 Å². The van der Waals surface area contributed by atoms with Crippen molar-refractivity contribution in [3.63, 3.8) is 0 Å². The molecular formula is C23H22N2O5S. The van der Waals surface area contributed by atoms with Gasteiger partial charge < -0.3 is 19.5 Å². The number of anilines is 1. The third-order valence-electron chi connectivity index (χ3n) is 4.98. The van der Waals surface area contributed by atoms with Gasteiger partial charge in [-0.15, -0.1) is 11.3 Å². The lowest BCUT2D eigenvalue weighted by molar-refractivity contribution is -0.125. The number of rotatable bonds is 7. The van der Waals surface area contributed by atoms with Gasteiger partial charge in [-0.05, 0) is 62.7 Å². The molecule has 0 saturated carbocycles. The average molecular weight is 439 g/mol. The van der Waals surface area contributed by atoms with Gasteiger partial charge in [0.05, 0.1) is 28.6 Å². The maximum absolute atomic E-state index is 12.8. The molecule has 2 aromatic carbocycles. The number of amides is 1. The lowest BCUT2D eigenvalue weighted by atomic mass is 10.1. The Morgan fingerprint density at radius 3 is 2.71 bits per heavy atom. The van der Waals surface area contributed by atoms with E-state index in [2.05, 4.69) is 4.98 Å². The van der Waals surface area contributed by atoms with Crippen LogP contribution in [0.5, 0.6) is 11.5 Å². The number of hydrogen-bond acceptors (Lipinski definition) is 6. The number of aryl methyl sites for hydroxylation is 1. The summed E-state index contributed by atoms with van der Waals surface area (Å²) in [6.07, 6.45) is 0.0582. The highest BCUT2D eigenvalue weighted by atomic mass is 32.1. The Kier molecular flexibility index (Phi) is 5.90. The standard InChI is InChI=1S/C23H22N2O5S/c1-14-22(26)25(10-3-11-29-18-7-4-16(5-8-18)23(27)28)20-12-17(6-9-21(20)30-14)19-13-31-15(2)24-19/h4-9,12-14H,3,10-11H2,1-2H3,(H,27,28). The molecule has 0 spiro atoms. The van der Waals surface area contributed by atoms with E-state index in [1.807, 2.05) is 30.5 Å². The van der Waals surface area contributed by atoms with Gasteiger partial charge in [-0.3, -0.25) is 4.79 Å². The molecule has 1 aliphatic rings. The van der Waals surface area contributed by atoms with E-state index >= 15 is 0 Å². The second-order valence-electron chi connectivity index (χ2n) is 7.22. The number of benzene rings is 2. The first kappa shape index (κ1) is 20.9. The van der Waals surface area contributed by atoms with Gasteiger partial charge in [0, 0.05) is 17.5 Å². The van der Waals surface area contributed by atoms with Crippen LogP contribution in [-0.2, 0) is 4.79 Å². The van der Waals surface area contributed by atoms with E-state index in [0.717, 1.165) is 22.0 Å². The van der Waals surface area contributed by atoms with Crippen molar-refractivity contribution in [1.29, 1.82) is 0 Å². The molecular weight excluding hydrogens is 416 g/mol. The highest BCUT2D eigenvalue weighted by Gasteiger charge is 2.31. The molecule has 0 bridgehead atoms. The van der Waals surface area contributed by atoms with Crippen molar-refractivity contribution in [1.82, 2.24) is 4.98 Å². The second-order valence-corrected chi connectivity index (χ2v) is 8.28. The Morgan fingerprint density at radius 2 is 2.03 bits per heavy atom. The minimum Gasteiger partial charge on any atom is -0.494 e. The van der Waals surface area contributed by atoms with Gasteiger partial charge >= 0.3 is 5.97 Å². The molecule has 31 heavy (non-hydrogen) atoms. The Balaban J connectivity index is 1.45. The first-order chi connectivity index (χ1) is 14.9. The van der Waals surface area contributed by atoms with E-state index in [4.69, 9.17) is 14.6 Å². The van der Waals surface area contributed by atoms with Crippen LogP contribution >= 0.6 is 11.3 Å². The number of carbonyl (C=O) groups is 2. The van der Waals surface area contributed by atoms with Gasteiger partial charge in [0.25, 0.3) is 5.91 Å². The van der Waals surface area contributed by atoms with Crippen LogP contribution in [0.2, 0.25) is 0 Å². The first-order valence-corrected chi connectivity index (χ1v) is 10.8. The zero-order valence-corrected chi connectivity index (χ0v) is 18.0. The van der Waals surface area contributed by atoms with Crippen LogP contribution in [0.4, 0.5) is 5.69 Å². The highest BCUT2D eigenvalue weighted by molar-refractivity contribution is 7.09. The molecule has 0 fully saturated rings. The number of aromatic nitrogens is 1. The molecule has 0 aliphatic carbocycles. The summed E-state index contributed by atoms with van der Waals surface area (Å²) in [7, 11) is 0. The molecule has 3 aromatic rings. The van der Waals surface area contributed by atoms with Gasteiger partial charge in [0.1, 0.15) is 11.5 Å². The van der Waals surface area contributed by atoms with Gasteiger partial charge in [-0.1, -0.05) is 0 Å². The smallest absolute Gasteiger partial charge is 0.335 e. The quantitative estimate of drug-likeness (QED) is 0.550. The molecule has 0 saturated heterocycles. The van der Waals surface area contributed by atoms with Crippen LogP contribution in [0.15, 0.2) is 47.8 Å². The van der Waals surface area contributed by atoms with Crippen LogP contribution in [0.25, 0.3) is 11.3 Å². The molecule has 1 amide bonds. The predicted octanol–water partition coefficient (Wildman–Crippen LogP) is 4.40. The summed E-state index contributed by atoms with van der Waals surface area (Å²) in [6, 6.07) is 12.0. The molecule has 2 heterocycles. The van der Waals surface area contributed by atoms with Crippen molar-refractivity contribution in [2.75, 3.05) is 18.1 Å². The van der Waals surface area contributed by atoms with Gasteiger partial charge in [0.15, 0.2) is 6.10 Å². The molecule has 1 N–H and O–H groups in total. The zero-order valence-electron chi connectivity index (χ0n) is 17.2. The molecule has 160 valence electrons. The summed E-state index contributed by atoms with van der Waals surface area (Å²) in [6.45, 7) is 4.58. The van der Waals surface area contributed by atoms with E-state index < -0.39 is 12.1 Å². The maximum Gasteiger partial charge on any atom is 0.335 e. The average Bonchev–Trinajstić information content (AvgIpc) is 3.20. The van der Waals surface area contributed by atoms with Crippen molar-refractivity contribution in [2.45, 2.75) is 26.4 Å². The minimum absolute atomic E-state index is 0.0927. The third kappa shape index (κ3) is 4.54. The molecule has 7 nitrogen and oxygen atoms in total. The minimum atomic E-state index is -0.975. The van der Waals surface area contributed by atoms with E-state index in [9.17, 15) is 9.59 Å². The molecule has 4 rings (SSSR count). The molecule has 1 aromatic heterocycles. The topological polar surface area (TPSA) is 89.0 Å². The van der Waals surface area contributed by atoms with Crippen LogP contribution in [0, 0.1) is 6.92 Å². The Labute approximate surface area is 183 Å². The van der Waals surface area contributed by atoms with E-state index in [-0.39, 0.29) is 11.5 Å². The first-order valence-electron chi connectivity index (χ1n) is 9.93. The monoisotopic (exact) mass is 438 g/mol. The lowest BCUT2D eigenvalue weighted by Crippen LogP contribution is -2.45. The van der Waals surface area contributed by atoms with Crippen molar-refractivity contribution in [2.24, 2.45) is 0 Å². The molecule has 1 atom stereocenters. The fraction of sp³-hybridized carbons (Fsp3) is 0.261. The van der Waals surface area contributed by atoms with Crippen LogP contribution in [0.1, 0.15) is 28.7 Å². The number of aromatic carboxylic acids is 1. The number of fused-ring (bicyclic) bond motifs is 1. The van der Waals surface area contributed by atoms with Gasteiger partial charge in [-0.25, -0.2) is 9.78 Å². The number of carboxylic acids is 1. The molecule has 1 aliphatic heterocycles. The zero-order chi connectivity index (χ0) is 22.0. The Morgan fingerprint density at radius 1 is 1.26 bits per heavy atom. The second kappa shape index (κ2) is 8.77. The number of nitrogens with zero attached hydrogens (tertiary/aromatic N) is 2. The van der Waals surface area contributed by atoms with Crippen LogP contribution < -0.4 is 14.4 Å². The number of ether oxygens (including phenoxy) is 2. The fourth-order valence-electron chi connectivity index (χ4n) is 3.40. The summed E-state index contributed by atoms with van der Waals surface area (Å²) >= 11 is 1.58. The summed E-state index contributed by atoms with van der Waals surface area (Å²) in [5.74, 6) is 0.198. The van der Waals surface area contributed by atoms with Gasteiger partial charge in [0.2, 0.25) is 0 Å². The van der Waals surface area contributed by atoms with Crippen molar-refractivity contribution < 1.29 is 24.2 Å². The normalized spacial score (nSPS) is 15.4. The van der Waals surface area contributed by atoms with Gasteiger partial charge in [-0.2, -0.15) is 0 Å². The number of hydrogen-bond donors (Lipinski definition) is 1. The highest BCUT2D eigenvalue weighted by Crippen LogP contribution is 2.37. The Bertz CT molecular complexity index is 1110. The molecule has 8 heteroatoms. The fourth-order valence-corrected chi connectivity index (χ4v) is 4.02. The summed E-state index contributed by atoms with van der Waals surface area (Å²) in [5, 5.41) is 11.9. The number of carbonyl (C=O) groups excluding carboxylic acids is 1. The van der Waals surface area contributed by atoms with Crippen molar-refractivity contribution in [3.05, 3.63) is 58.4 Å². The summed E-state index contributed by atoms with van der Waals surface area (Å²) in [4.78, 5) is 30.0. The largest absolute Gasteiger partial charge is 0.494 e. The predicted molar refractivity (Wildman–Crippen MR) is 118 cm³/mol. The lowest BCUT2D eigenvalue weighted by Gasteiger charge is -2.33. The van der Waals surface area contributed by atoms with Crippen LogP contribution in [-0.4, -0.2) is 41.2 Å².